The Hall–Kier alpha value is -2.02. The number of amides is 1. The molecule has 0 aromatic carbocycles. The molecule has 1 amide bonds. The van der Waals surface area contributed by atoms with Gasteiger partial charge in [-0.25, -0.2) is 14.8 Å². The lowest BCUT2D eigenvalue weighted by Gasteiger charge is -2.21. The number of nitrogens with zero attached hydrogens (tertiary/aromatic N) is 3. The maximum absolute atomic E-state index is 12.5. The van der Waals surface area contributed by atoms with E-state index in [-0.39, 0.29) is 18.6 Å². The smallest absolute Gasteiger partial charge is 0.326 e. The highest BCUT2D eigenvalue weighted by Gasteiger charge is 2.40. The molecule has 0 aliphatic carbocycles. The monoisotopic (exact) mass is 279 g/mol. The van der Waals surface area contributed by atoms with Crippen molar-refractivity contribution in [3.63, 3.8) is 0 Å². The van der Waals surface area contributed by atoms with Crippen molar-refractivity contribution >= 4 is 11.9 Å². The van der Waals surface area contributed by atoms with E-state index in [4.69, 9.17) is 4.74 Å². The fourth-order valence-electron chi connectivity index (χ4n) is 2.37. The Labute approximate surface area is 116 Å². The van der Waals surface area contributed by atoms with Crippen LogP contribution in [0.15, 0.2) is 6.20 Å². The minimum atomic E-state index is -1.02. The number of ether oxygens (including phenoxy) is 1. The molecule has 1 saturated heterocycles. The SMILES string of the molecule is COC1CC(C(=O)O)N(C(=O)c2cnc(C)nc2C)C1. The number of carboxylic acid groups (broad SMARTS) is 1. The van der Waals surface area contributed by atoms with Gasteiger partial charge in [-0.2, -0.15) is 0 Å². The molecule has 2 unspecified atom stereocenters. The second-order valence-corrected chi connectivity index (χ2v) is 4.82. The van der Waals surface area contributed by atoms with Crippen LogP contribution in [0, 0.1) is 13.8 Å². The summed E-state index contributed by atoms with van der Waals surface area (Å²) in [5, 5.41) is 9.23. The zero-order valence-electron chi connectivity index (χ0n) is 11.7. The first-order chi connectivity index (χ1) is 9.43. The molecule has 0 saturated carbocycles. The molecule has 7 heteroatoms. The quantitative estimate of drug-likeness (QED) is 0.861. The van der Waals surface area contributed by atoms with E-state index in [2.05, 4.69) is 9.97 Å². The number of carbonyl (C=O) groups excluding carboxylic acids is 1. The second-order valence-electron chi connectivity index (χ2n) is 4.82. The van der Waals surface area contributed by atoms with Gasteiger partial charge in [-0.05, 0) is 13.8 Å². The van der Waals surface area contributed by atoms with Crippen LogP contribution in [0.5, 0.6) is 0 Å². The summed E-state index contributed by atoms with van der Waals surface area (Å²) in [7, 11) is 1.51. The average Bonchev–Trinajstić information content (AvgIpc) is 2.82. The predicted molar refractivity (Wildman–Crippen MR) is 69.4 cm³/mol. The lowest BCUT2D eigenvalue weighted by Crippen LogP contribution is -2.41. The molecule has 108 valence electrons. The predicted octanol–water partition coefficient (Wildman–Crippen LogP) is 0.408. The second kappa shape index (κ2) is 5.54. The molecule has 0 radical (unpaired) electrons. The maximum atomic E-state index is 12.5. The molecule has 1 aromatic heterocycles. The third-order valence-electron chi connectivity index (χ3n) is 3.47. The van der Waals surface area contributed by atoms with Crippen molar-refractivity contribution in [1.82, 2.24) is 14.9 Å². The zero-order valence-corrected chi connectivity index (χ0v) is 11.7. The molecule has 0 bridgehead atoms. The normalized spacial score (nSPS) is 22.1. The first kappa shape index (κ1) is 14.4. The highest BCUT2D eigenvalue weighted by molar-refractivity contribution is 5.97. The van der Waals surface area contributed by atoms with Crippen molar-refractivity contribution in [2.24, 2.45) is 0 Å². The van der Waals surface area contributed by atoms with Gasteiger partial charge >= 0.3 is 5.97 Å². The van der Waals surface area contributed by atoms with E-state index in [9.17, 15) is 14.7 Å². The summed E-state index contributed by atoms with van der Waals surface area (Å²) in [6.07, 6.45) is 1.48. The standard InChI is InChI=1S/C13H17N3O4/c1-7-10(5-14-8(2)15-7)12(17)16-6-9(20-3)4-11(16)13(18)19/h5,9,11H,4,6H2,1-3H3,(H,18,19). The van der Waals surface area contributed by atoms with E-state index in [0.29, 0.717) is 23.5 Å². The number of aryl methyl sites for hydroxylation is 2. The number of methoxy groups -OCH3 is 1. The lowest BCUT2D eigenvalue weighted by atomic mass is 10.1. The molecular formula is C13H17N3O4. The van der Waals surface area contributed by atoms with Gasteiger partial charge in [-0.3, -0.25) is 4.79 Å². The van der Waals surface area contributed by atoms with Crippen LogP contribution in [0.1, 0.15) is 28.3 Å². The highest BCUT2D eigenvalue weighted by atomic mass is 16.5. The van der Waals surface area contributed by atoms with E-state index in [0.717, 1.165) is 0 Å². The summed E-state index contributed by atoms with van der Waals surface area (Å²) < 4.78 is 5.17. The van der Waals surface area contributed by atoms with Gasteiger partial charge < -0.3 is 14.7 Å². The first-order valence-electron chi connectivity index (χ1n) is 6.30. The molecule has 7 nitrogen and oxygen atoms in total. The number of hydrogen-bond donors (Lipinski definition) is 1. The summed E-state index contributed by atoms with van der Waals surface area (Å²) in [4.78, 5) is 33.2. The van der Waals surface area contributed by atoms with Crippen LogP contribution in [0.25, 0.3) is 0 Å². The Morgan fingerprint density at radius 2 is 2.15 bits per heavy atom. The molecule has 1 aliphatic rings. The van der Waals surface area contributed by atoms with Gasteiger partial charge in [-0.1, -0.05) is 0 Å². The number of carboxylic acids is 1. The summed E-state index contributed by atoms with van der Waals surface area (Å²) in [6.45, 7) is 3.71. The molecule has 0 spiro atoms. The third kappa shape index (κ3) is 2.62. The number of aromatic nitrogens is 2. The molecule has 1 N–H and O–H groups in total. The minimum absolute atomic E-state index is 0.258. The van der Waals surface area contributed by atoms with Gasteiger partial charge in [0.15, 0.2) is 0 Å². The van der Waals surface area contributed by atoms with Gasteiger partial charge in [0.25, 0.3) is 5.91 Å². The van der Waals surface area contributed by atoms with Crippen LogP contribution < -0.4 is 0 Å². The van der Waals surface area contributed by atoms with Crippen molar-refractivity contribution in [1.29, 1.82) is 0 Å². The number of carbonyl (C=O) groups is 2. The zero-order chi connectivity index (χ0) is 14.9. The Morgan fingerprint density at radius 3 is 2.70 bits per heavy atom. The van der Waals surface area contributed by atoms with Crippen LogP contribution in [0.2, 0.25) is 0 Å². The Morgan fingerprint density at radius 1 is 1.45 bits per heavy atom. The average molecular weight is 279 g/mol. The van der Waals surface area contributed by atoms with Crippen molar-refractivity contribution in [3.8, 4) is 0 Å². The molecule has 1 aliphatic heterocycles. The van der Waals surface area contributed by atoms with E-state index < -0.39 is 12.0 Å². The summed E-state index contributed by atoms with van der Waals surface area (Å²) >= 11 is 0. The highest BCUT2D eigenvalue weighted by Crippen LogP contribution is 2.23. The van der Waals surface area contributed by atoms with E-state index in [1.54, 1.807) is 13.8 Å². The number of aliphatic carboxylic acids is 1. The van der Waals surface area contributed by atoms with E-state index in [1.165, 1.54) is 18.2 Å². The van der Waals surface area contributed by atoms with Gasteiger partial charge in [0.05, 0.1) is 17.4 Å². The van der Waals surface area contributed by atoms with Crippen molar-refractivity contribution < 1.29 is 19.4 Å². The largest absolute Gasteiger partial charge is 0.480 e. The topological polar surface area (TPSA) is 92.6 Å². The van der Waals surface area contributed by atoms with Crippen molar-refractivity contribution in [2.75, 3.05) is 13.7 Å². The number of likely N-dealkylation sites (tertiary alicyclic amines) is 1. The van der Waals surface area contributed by atoms with Crippen LogP contribution in [-0.4, -0.2) is 57.7 Å². The first-order valence-corrected chi connectivity index (χ1v) is 6.30. The van der Waals surface area contributed by atoms with Crippen LogP contribution in [0.4, 0.5) is 0 Å². The van der Waals surface area contributed by atoms with Gasteiger partial charge in [-0.15, -0.1) is 0 Å². The van der Waals surface area contributed by atoms with Gasteiger partial charge in [0, 0.05) is 26.3 Å². The Balaban J connectivity index is 2.29. The molecule has 2 rings (SSSR count). The van der Waals surface area contributed by atoms with Crippen LogP contribution in [0.3, 0.4) is 0 Å². The summed E-state index contributed by atoms with van der Waals surface area (Å²) in [5.41, 5.74) is 0.881. The number of rotatable bonds is 3. The van der Waals surface area contributed by atoms with Crippen molar-refractivity contribution in [3.05, 3.63) is 23.3 Å². The van der Waals surface area contributed by atoms with Crippen molar-refractivity contribution in [2.45, 2.75) is 32.4 Å². The lowest BCUT2D eigenvalue weighted by molar-refractivity contribution is -0.141. The fourth-order valence-corrected chi connectivity index (χ4v) is 2.37. The molecule has 1 fully saturated rings. The molecular weight excluding hydrogens is 262 g/mol. The third-order valence-corrected chi connectivity index (χ3v) is 3.47. The Kier molecular flexibility index (Phi) is 3.99. The van der Waals surface area contributed by atoms with Crippen LogP contribution >= 0.6 is 0 Å². The van der Waals surface area contributed by atoms with Gasteiger partial charge in [0.2, 0.25) is 0 Å². The fraction of sp³-hybridized carbons (Fsp3) is 0.538. The van der Waals surface area contributed by atoms with E-state index >= 15 is 0 Å². The molecule has 2 heterocycles. The Bertz CT molecular complexity index is 546. The van der Waals surface area contributed by atoms with Crippen LogP contribution in [-0.2, 0) is 9.53 Å². The van der Waals surface area contributed by atoms with Gasteiger partial charge in [0.1, 0.15) is 11.9 Å². The summed E-state index contributed by atoms with van der Waals surface area (Å²) in [5.74, 6) is -0.817. The molecule has 1 aromatic rings. The molecule has 2 atom stereocenters. The summed E-state index contributed by atoms with van der Waals surface area (Å²) in [6, 6.07) is -0.867. The number of hydrogen-bond acceptors (Lipinski definition) is 5. The van der Waals surface area contributed by atoms with E-state index in [1.807, 2.05) is 0 Å². The minimum Gasteiger partial charge on any atom is -0.480 e. The molecule has 20 heavy (non-hydrogen) atoms. The maximum Gasteiger partial charge on any atom is 0.326 e.